The Bertz CT molecular complexity index is 283. The summed E-state index contributed by atoms with van der Waals surface area (Å²) >= 11 is 0. The predicted octanol–water partition coefficient (Wildman–Crippen LogP) is -0.481. The quantitative estimate of drug-likeness (QED) is 0.472. The maximum absolute atomic E-state index is 3.68. The molecular weight excluding hydrogens is 118 g/mol. The van der Waals surface area contributed by atoms with Crippen LogP contribution in [-0.4, -0.2) is 24.8 Å². The lowest BCUT2D eigenvalue weighted by Crippen LogP contribution is -1.87. The van der Waals surface area contributed by atoms with Crippen LogP contribution in [0.3, 0.4) is 0 Å². The van der Waals surface area contributed by atoms with Crippen LogP contribution in [0.2, 0.25) is 0 Å². The Kier molecular flexibility index (Phi) is 0.717. The van der Waals surface area contributed by atoms with E-state index in [1.807, 2.05) is 0 Å². The first kappa shape index (κ1) is 4.37. The summed E-state index contributed by atoms with van der Waals surface area (Å²) in [7, 11) is 0. The first-order chi connectivity index (χ1) is 4.47. The van der Waals surface area contributed by atoms with Gasteiger partial charge in [-0.3, -0.25) is 4.40 Å². The second-order valence-corrected chi connectivity index (χ2v) is 1.55. The molecule has 0 saturated heterocycles. The number of hydrogen-bond donors (Lipinski definition) is 0. The van der Waals surface area contributed by atoms with Gasteiger partial charge in [0.1, 0.15) is 6.33 Å². The van der Waals surface area contributed by atoms with Crippen LogP contribution >= 0.6 is 0 Å². The minimum Gasteiger partial charge on any atom is -0.270 e. The van der Waals surface area contributed by atoms with Gasteiger partial charge in [-0.2, -0.15) is 5.10 Å². The fourth-order valence-electron chi connectivity index (χ4n) is 0.600. The van der Waals surface area contributed by atoms with Crippen molar-refractivity contribution in [3.05, 3.63) is 18.7 Å². The molecule has 0 fully saturated rings. The van der Waals surface area contributed by atoms with Crippen molar-refractivity contribution in [3.63, 3.8) is 0 Å². The molecule has 2 heterocycles. The number of fused-ring (bicyclic) bond motifs is 1. The molecule has 0 aliphatic rings. The second kappa shape index (κ2) is 1.48. The molecular formula is C4H3N5. The van der Waals surface area contributed by atoms with Crippen molar-refractivity contribution in [3.8, 4) is 0 Å². The fourth-order valence-corrected chi connectivity index (χ4v) is 0.600. The molecule has 0 bridgehead atoms. The maximum atomic E-state index is 3.68. The average molecular weight is 121 g/mol. The van der Waals surface area contributed by atoms with Crippen molar-refractivity contribution in [1.82, 2.24) is 24.8 Å². The van der Waals surface area contributed by atoms with Crippen LogP contribution in [-0.2, 0) is 0 Å². The third-order valence-electron chi connectivity index (χ3n) is 0.995. The van der Waals surface area contributed by atoms with Gasteiger partial charge in [-0.15, -0.1) is 15.3 Å². The minimum atomic E-state index is 0.525. The monoisotopic (exact) mass is 121 g/mol. The van der Waals surface area contributed by atoms with Crippen molar-refractivity contribution < 1.29 is 0 Å². The van der Waals surface area contributed by atoms with Gasteiger partial charge in [-0.1, -0.05) is 0 Å². The molecule has 0 amide bonds. The normalized spacial score (nSPS) is 10.2. The molecule has 0 N–H and O–H groups in total. The number of hydrogen-bond acceptors (Lipinski definition) is 4. The lowest BCUT2D eigenvalue weighted by molar-refractivity contribution is 0.963. The molecule has 0 saturated carbocycles. The van der Waals surface area contributed by atoms with Crippen LogP contribution in [0.25, 0.3) is 5.78 Å². The summed E-state index contributed by atoms with van der Waals surface area (Å²) in [6.07, 6.45) is 4.89. The number of nitrogens with zero attached hydrogens (tertiary/aromatic N) is 5. The summed E-state index contributed by atoms with van der Waals surface area (Å²) in [5.74, 6) is 0.525. The average Bonchev–Trinajstić information content (AvgIpc) is 2.33. The van der Waals surface area contributed by atoms with Gasteiger partial charge in [0, 0.05) is 6.20 Å². The number of aromatic nitrogens is 5. The van der Waals surface area contributed by atoms with Crippen molar-refractivity contribution >= 4 is 5.78 Å². The highest BCUT2D eigenvalue weighted by molar-refractivity contribution is 5.20. The molecule has 2 rings (SSSR count). The lowest BCUT2D eigenvalue weighted by Gasteiger charge is -1.82. The summed E-state index contributed by atoms with van der Waals surface area (Å²) in [6, 6.07) is 0. The van der Waals surface area contributed by atoms with E-state index in [1.54, 1.807) is 23.1 Å². The van der Waals surface area contributed by atoms with E-state index in [4.69, 9.17) is 0 Å². The van der Waals surface area contributed by atoms with Crippen LogP contribution in [0.5, 0.6) is 0 Å². The third-order valence-corrected chi connectivity index (χ3v) is 0.995. The van der Waals surface area contributed by atoms with Crippen LogP contribution < -0.4 is 0 Å². The first-order valence-corrected chi connectivity index (χ1v) is 2.44. The van der Waals surface area contributed by atoms with Crippen molar-refractivity contribution in [2.45, 2.75) is 0 Å². The Morgan fingerprint density at radius 2 is 2.11 bits per heavy atom. The van der Waals surface area contributed by atoms with Crippen LogP contribution in [0.4, 0.5) is 0 Å². The van der Waals surface area contributed by atoms with Crippen molar-refractivity contribution in [1.29, 1.82) is 0 Å². The van der Waals surface area contributed by atoms with Gasteiger partial charge in [0.05, 0.1) is 6.20 Å². The van der Waals surface area contributed by atoms with Crippen molar-refractivity contribution in [2.24, 2.45) is 0 Å². The standard InChI is InChI=1S/C4H3N5/c1-2-9-3-6-8-4(9)7-5-1/h1-3H. The van der Waals surface area contributed by atoms with Gasteiger partial charge < -0.3 is 0 Å². The number of rotatable bonds is 0. The fraction of sp³-hybridized carbons (Fsp3) is 0. The second-order valence-electron chi connectivity index (χ2n) is 1.55. The molecule has 9 heavy (non-hydrogen) atoms. The molecule has 2 aromatic rings. The van der Waals surface area contributed by atoms with Crippen LogP contribution in [0, 0.1) is 0 Å². The first-order valence-electron chi connectivity index (χ1n) is 2.44. The zero-order valence-corrected chi connectivity index (χ0v) is 4.47. The van der Waals surface area contributed by atoms with Crippen molar-refractivity contribution in [2.75, 3.05) is 0 Å². The molecule has 0 unspecified atom stereocenters. The summed E-state index contributed by atoms with van der Waals surface area (Å²) < 4.78 is 1.69. The van der Waals surface area contributed by atoms with Gasteiger partial charge in [-0.05, 0) is 0 Å². The van der Waals surface area contributed by atoms with E-state index >= 15 is 0 Å². The van der Waals surface area contributed by atoms with E-state index in [0.717, 1.165) is 0 Å². The van der Waals surface area contributed by atoms with E-state index in [9.17, 15) is 0 Å². The highest BCUT2D eigenvalue weighted by atomic mass is 15.3. The van der Waals surface area contributed by atoms with E-state index < -0.39 is 0 Å². The smallest absolute Gasteiger partial charge is 0.270 e. The molecule has 0 aliphatic carbocycles. The van der Waals surface area contributed by atoms with Gasteiger partial charge in [0.15, 0.2) is 0 Å². The van der Waals surface area contributed by atoms with Gasteiger partial charge >= 0.3 is 0 Å². The molecule has 0 spiro atoms. The summed E-state index contributed by atoms with van der Waals surface area (Å²) in [5, 5.41) is 14.6. The van der Waals surface area contributed by atoms with E-state index in [-0.39, 0.29) is 0 Å². The Morgan fingerprint density at radius 3 is 3.00 bits per heavy atom. The van der Waals surface area contributed by atoms with Gasteiger partial charge in [0.25, 0.3) is 5.78 Å². The topological polar surface area (TPSA) is 56.0 Å². The lowest BCUT2D eigenvalue weighted by atomic mass is 10.8. The van der Waals surface area contributed by atoms with E-state index in [1.165, 1.54) is 0 Å². The largest absolute Gasteiger partial charge is 0.273 e. The molecule has 5 heteroatoms. The molecule has 44 valence electrons. The Balaban J connectivity index is 2.95. The summed E-state index contributed by atoms with van der Waals surface area (Å²) in [5.41, 5.74) is 0. The molecule has 0 aromatic carbocycles. The van der Waals surface area contributed by atoms with E-state index in [2.05, 4.69) is 20.4 Å². The van der Waals surface area contributed by atoms with Crippen LogP contribution in [0.1, 0.15) is 0 Å². The maximum Gasteiger partial charge on any atom is 0.273 e. The Labute approximate surface area is 50.4 Å². The summed E-state index contributed by atoms with van der Waals surface area (Å²) in [6.45, 7) is 0. The Hall–Kier alpha value is -1.52. The van der Waals surface area contributed by atoms with E-state index in [0.29, 0.717) is 5.78 Å². The van der Waals surface area contributed by atoms with Gasteiger partial charge in [-0.25, -0.2) is 0 Å². The molecule has 2 aromatic heterocycles. The third kappa shape index (κ3) is 0.543. The predicted molar refractivity (Wildman–Crippen MR) is 28.6 cm³/mol. The zero-order chi connectivity index (χ0) is 6.10. The minimum absolute atomic E-state index is 0.525. The zero-order valence-electron chi connectivity index (χ0n) is 4.47. The Morgan fingerprint density at radius 1 is 1.22 bits per heavy atom. The highest BCUT2D eigenvalue weighted by Crippen LogP contribution is 1.86. The molecule has 0 aliphatic heterocycles. The summed E-state index contributed by atoms with van der Waals surface area (Å²) in [4.78, 5) is 0. The molecule has 0 radical (unpaired) electrons. The SMILES string of the molecule is c1cn2cnnc2nn1. The highest BCUT2D eigenvalue weighted by Gasteiger charge is 1.90. The molecule has 5 nitrogen and oxygen atoms in total. The van der Waals surface area contributed by atoms with Crippen LogP contribution in [0.15, 0.2) is 18.7 Å². The van der Waals surface area contributed by atoms with Gasteiger partial charge in [0.2, 0.25) is 0 Å². The molecule has 0 atom stereocenters.